The molecular formula is C36H29ClFN3O3S. The molecule has 0 heterocycles. The van der Waals surface area contributed by atoms with Gasteiger partial charge in [-0.3, -0.25) is 14.4 Å². The van der Waals surface area contributed by atoms with Gasteiger partial charge in [-0.05, 0) is 66.4 Å². The minimum atomic E-state index is -0.679. The number of benzene rings is 5. The van der Waals surface area contributed by atoms with Crippen LogP contribution < -0.4 is 16.0 Å². The lowest BCUT2D eigenvalue weighted by molar-refractivity contribution is -0.116. The first-order valence-corrected chi connectivity index (χ1v) is 15.5. The van der Waals surface area contributed by atoms with Crippen LogP contribution in [0.1, 0.15) is 29.3 Å². The molecule has 5 aromatic rings. The minimum absolute atomic E-state index is 0.0371. The predicted molar refractivity (Wildman–Crippen MR) is 181 cm³/mol. The van der Waals surface area contributed by atoms with Crippen molar-refractivity contribution in [1.29, 1.82) is 0 Å². The highest BCUT2D eigenvalue weighted by molar-refractivity contribution is 8.00. The molecule has 3 amide bonds. The largest absolute Gasteiger partial charge is 0.325 e. The molecule has 0 spiro atoms. The molecule has 0 aromatic heterocycles. The van der Waals surface area contributed by atoms with Gasteiger partial charge >= 0.3 is 0 Å². The third-order valence-electron chi connectivity index (χ3n) is 6.90. The van der Waals surface area contributed by atoms with Crippen LogP contribution in [0.15, 0.2) is 126 Å². The summed E-state index contributed by atoms with van der Waals surface area (Å²) in [4.78, 5) is 40.5. The maximum atomic E-state index is 14.6. The number of carbonyl (C=O) groups excluding carboxylic acids is 3. The van der Waals surface area contributed by atoms with Crippen LogP contribution in [-0.4, -0.2) is 23.0 Å². The molecule has 0 saturated heterocycles. The van der Waals surface area contributed by atoms with Gasteiger partial charge in [0.05, 0.1) is 10.3 Å². The van der Waals surface area contributed by atoms with Crippen LogP contribution in [0, 0.1) is 5.82 Å². The normalized spacial score (nSPS) is 11.9. The Kier molecular flexibility index (Phi) is 10.3. The number of halogens is 2. The number of amides is 3. The zero-order valence-corrected chi connectivity index (χ0v) is 25.8. The third kappa shape index (κ3) is 7.98. The van der Waals surface area contributed by atoms with Gasteiger partial charge in [-0.1, -0.05) is 85.3 Å². The van der Waals surface area contributed by atoms with E-state index in [1.807, 2.05) is 55.5 Å². The number of carbonyl (C=O) groups is 3. The predicted octanol–water partition coefficient (Wildman–Crippen LogP) is 8.55. The average molecular weight is 638 g/mol. The molecule has 5 aromatic carbocycles. The van der Waals surface area contributed by atoms with Gasteiger partial charge in [0.1, 0.15) is 11.5 Å². The van der Waals surface area contributed by atoms with Crippen molar-refractivity contribution in [2.45, 2.75) is 23.5 Å². The summed E-state index contributed by atoms with van der Waals surface area (Å²) in [6.07, 6.45) is 1.77. The Labute approximate surface area is 269 Å². The lowest BCUT2D eigenvalue weighted by Crippen LogP contribution is -2.30. The van der Waals surface area contributed by atoms with E-state index in [2.05, 4.69) is 16.0 Å². The fraction of sp³-hybridized carbons (Fsp3) is 0.0833. The Morgan fingerprint density at radius 3 is 2.33 bits per heavy atom. The summed E-state index contributed by atoms with van der Waals surface area (Å²) in [5, 5.41) is 10.1. The maximum Gasteiger partial charge on any atom is 0.272 e. The van der Waals surface area contributed by atoms with E-state index < -0.39 is 22.9 Å². The van der Waals surface area contributed by atoms with Crippen molar-refractivity contribution in [2.24, 2.45) is 0 Å². The quantitative estimate of drug-likeness (QED) is 0.106. The van der Waals surface area contributed by atoms with Crippen LogP contribution >= 0.6 is 23.4 Å². The molecule has 9 heteroatoms. The number of rotatable bonds is 10. The summed E-state index contributed by atoms with van der Waals surface area (Å²) in [7, 11) is 0. The Morgan fingerprint density at radius 1 is 0.844 bits per heavy atom. The molecule has 1 unspecified atom stereocenters. The van der Waals surface area contributed by atoms with Crippen LogP contribution in [0.4, 0.5) is 15.8 Å². The summed E-state index contributed by atoms with van der Waals surface area (Å²) >= 11 is 7.59. The molecule has 0 radical (unpaired) electrons. The molecular weight excluding hydrogens is 609 g/mol. The van der Waals surface area contributed by atoms with Gasteiger partial charge in [0, 0.05) is 32.8 Å². The van der Waals surface area contributed by atoms with Gasteiger partial charge in [0.15, 0.2) is 0 Å². The fourth-order valence-corrected chi connectivity index (χ4v) is 5.85. The standard InChI is InChI=1S/C36H29ClFN3O3S/c1-2-33(36(44)40-31-20-8-14-23-11-6-7-17-27(23)31)45-26-16-9-15-25(21-26)39-35(43)32(22-28-29(37)18-10-19-30(28)38)41-34(42)24-12-4-3-5-13-24/h3-22,33H,2H2,1H3,(H,39,43)(H,40,44)(H,41,42)/b32-22+. The second-order valence-corrected chi connectivity index (χ2v) is 11.7. The average Bonchev–Trinajstić information content (AvgIpc) is 3.05. The molecule has 3 N–H and O–H groups in total. The summed E-state index contributed by atoms with van der Waals surface area (Å²) < 4.78 is 14.6. The smallest absolute Gasteiger partial charge is 0.272 e. The number of nitrogens with one attached hydrogen (secondary N) is 3. The van der Waals surface area contributed by atoms with Crippen molar-refractivity contribution in [2.75, 3.05) is 10.6 Å². The Morgan fingerprint density at radius 2 is 1.56 bits per heavy atom. The SMILES string of the molecule is CCC(Sc1cccc(NC(=O)/C(=C\c2c(F)cccc2Cl)NC(=O)c2ccccc2)c1)C(=O)Nc1cccc2ccccc12. The third-order valence-corrected chi connectivity index (χ3v) is 8.59. The topological polar surface area (TPSA) is 87.3 Å². The van der Waals surface area contributed by atoms with Crippen LogP contribution in [-0.2, 0) is 9.59 Å². The minimum Gasteiger partial charge on any atom is -0.325 e. The molecule has 5 rings (SSSR count). The van der Waals surface area contributed by atoms with Gasteiger partial charge in [0.25, 0.3) is 11.8 Å². The highest BCUT2D eigenvalue weighted by Crippen LogP contribution is 2.30. The van der Waals surface area contributed by atoms with Crippen LogP contribution in [0.5, 0.6) is 0 Å². The Bertz CT molecular complexity index is 1870. The van der Waals surface area contributed by atoms with E-state index in [9.17, 15) is 18.8 Å². The molecule has 0 aliphatic carbocycles. The zero-order chi connectivity index (χ0) is 31.8. The number of hydrogen-bond donors (Lipinski definition) is 3. The van der Waals surface area contributed by atoms with E-state index in [4.69, 9.17) is 11.6 Å². The lowest BCUT2D eigenvalue weighted by atomic mass is 10.1. The summed E-state index contributed by atoms with van der Waals surface area (Å²) in [6.45, 7) is 1.94. The molecule has 0 fully saturated rings. The van der Waals surface area contributed by atoms with E-state index in [-0.39, 0.29) is 22.2 Å². The van der Waals surface area contributed by atoms with Gasteiger partial charge in [-0.2, -0.15) is 0 Å². The molecule has 226 valence electrons. The van der Waals surface area contributed by atoms with Crippen LogP contribution in [0.2, 0.25) is 5.02 Å². The van der Waals surface area contributed by atoms with Crippen molar-refractivity contribution in [1.82, 2.24) is 5.32 Å². The lowest BCUT2D eigenvalue weighted by Gasteiger charge is -2.17. The molecule has 0 saturated carbocycles. The molecule has 0 bridgehead atoms. The van der Waals surface area contributed by atoms with E-state index >= 15 is 0 Å². The second-order valence-electron chi connectivity index (χ2n) is 10.0. The maximum absolute atomic E-state index is 14.6. The molecule has 0 aliphatic rings. The Hall–Kier alpha value is -4.92. The molecule has 0 aliphatic heterocycles. The molecule has 45 heavy (non-hydrogen) atoms. The van der Waals surface area contributed by atoms with Crippen molar-refractivity contribution in [3.05, 3.63) is 143 Å². The number of thioether (sulfide) groups is 1. The van der Waals surface area contributed by atoms with E-state index in [1.54, 1.807) is 48.5 Å². The summed E-state index contributed by atoms with van der Waals surface area (Å²) in [6, 6.07) is 33.2. The van der Waals surface area contributed by atoms with Gasteiger partial charge in [0.2, 0.25) is 5.91 Å². The highest BCUT2D eigenvalue weighted by atomic mass is 35.5. The van der Waals surface area contributed by atoms with Crippen molar-refractivity contribution in [3.63, 3.8) is 0 Å². The summed E-state index contributed by atoms with van der Waals surface area (Å²) in [5.74, 6) is -2.00. The monoisotopic (exact) mass is 637 g/mol. The molecule has 6 nitrogen and oxygen atoms in total. The van der Waals surface area contributed by atoms with Gasteiger partial charge < -0.3 is 16.0 Å². The highest BCUT2D eigenvalue weighted by Gasteiger charge is 2.20. The van der Waals surface area contributed by atoms with Crippen molar-refractivity contribution < 1.29 is 18.8 Å². The first-order chi connectivity index (χ1) is 21.8. The number of fused-ring (bicyclic) bond motifs is 1. The van der Waals surface area contributed by atoms with Crippen LogP contribution in [0.25, 0.3) is 16.8 Å². The number of anilines is 2. The first kappa shape index (κ1) is 31.5. The van der Waals surface area contributed by atoms with E-state index in [1.165, 1.54) is 36.0 Å². The summed E-state index contributed by atoms with van der Waals surface area (Å²) in [5.41, 5.74) is 1.25. The van der Waals surface area contributed by atoms with Gasteiger partial charge in [-0.25, -0.2) is 4.39 Å². The second kappa shape index (κ2) is 14.7. The Balaban J connectivity index is 1.34. The van der Waals surface area contributed by atoms with Crippen molar-refractivity contribution >= 4 is 69.3 Å². The van der Waals surface area contributed by atoms with Crippen molar-refractivity contribution in [3.8, 4) is 0 Å². The zero-order valence-electron chi connectivity index (χ0n) is 24.2. The fourth-order valence-electron chi connectivity index (χ4n) is 4.62. The van der Waals surface area contributed by atoms with Crippen LogP contribution in [0.3, 0.4) is 0 Å². The molecule has 1 atom stereocenters. The van der Waals surface area contributed by atoms with E-state index in [0.717, 1.165) is 21.4 Å². The number of hydrogen-bond acceptors (Lipinski definition) is 4. The van der Waals surface area contributed by atoms with Gasteiger partial charge in [-0.15, -0.1) is 11.8 Å². The first-order valence-electron chi connectivity index (χ1n) is 14.2. The van der Waals surface area contributed by atoms with E-state index in [0.29, 0.717) is 17.7 Å².